The zero-order valence-corrected chi connectivity index (χ0v) is 12.0. The number of aliphatic hydroxyl groups is 2. The summed E-state index contributed by atoms with van der Waals surface area (Å²) in [5.41, 5.74) is -0.347. The molecule has 3 N–H and O–H groups in total. The molecule has 18 heavy (non-hydrogen) atoms. The van der Waals surface area contributed by atoms with Crippen LogP contribution in [0.5, 0.6) is 0 Å². The first-order valence-electron chi connectivity index (χ1n) is 7.08. The van der Waals surface area contributed by atoms with E-state index in [9.17, 15) is 5.11 Å². The lowest BCUT2D eigenvalue weighted by Crippen LogP contribution is -2.47. The van der Waals surface area contributed by atoms with Gasteiger partial charge < -0.3 is 20.3 Å². The second kappa shape index (κ2) is 7.43. The van der Waals surface area contributed by atoms with Gasteiger partial charge in [0.25, 0.3) is 0 Å². The fourth-order valence-corrected chi connectivity index (χ4v) is 2.29. The molecule has 0 bridgehead atoms. The van der Waals surface area contributed by atoms with Crippen LogP contribution in [0.1, 0.15) is 46.5 Å². The summed E-state index contributed by atoms with van der Waals surface area (Å²) >= 11 is 0. The van der Waals surface area contributed by atoms with E-state index in [0.717, 1.165) is 18.8 Å². The summed E-state index contributed by atoms with van der Waals surface area (Å²) in [4.78, 5) is 0. The number of nitrogens with one attached hydrogen (secondary N) is 1. The first-order valence-corrected chi connectivity index (χ1v) is 7.08. The van der Waals surface area contributed by atoms with Gasteiger partial charge in [-0.05, 0) is 32.6 Å². The molecular weight excluding hydrogens is 230 g/mol. The molecule has 3 atom stereocenters. The van der Waals surface area contributed by atoms with Crippen molar-refractivity contribution in [1.29, 1.82) is 0 Å². The van der Waals surface area contributed by atoms with E-state index >= 15 is 0 Å². The van der Waals surface area contributed by atoms with E-state index in [1.807, 2.05) is 13.8 Å². The van der Waals surface area contributed by atoms with Crippen LogP contribution in [0.4, 0.5) is 0 Å². The summed E-state index contributed by atoms with van der Waals surface area (Å²) in [6.45, 7) is 6.96. The van der Waals surface area contributed by atoms with E-state index in [-0.39, 0.29) is 12.1 Å². The molecule has 0 aromatic heterocycles. The van der Waals surface area contributed by atoms with Crippen LogP contribution < -0.4 is 5.32 Å². The normalized spacial score (nSPS) is 27.2. The van der Waals surface area contributed by atoms with Gasteiger partial charge in [-0.3, -0.25) is 0 Å². The molecule has 0 amide bonds. The number of aliphatic hydroxyl groups excluding tert-OH is 2. The Bertz CT molecular complexity index is 233. The van der Waals surface area contributed by atoms with E-state index in [2.05, 4.69) is 12.2 Å². The van der Waals surface area contributed by atoms with Crippen LogP contribution in [0, 0.1) is 5.92 Å². The van der Waals surface area contributed by atoms with Crippen molar-refractivity contribution in [3.8, 4) is 0 Å². The number of hydrogen-bond donors (Lipinski definition) is 3. The number of β-amino-alcohol motifs (C(OH)–C–C–N with tert-alkyl or cyclic N) is 1. The van der Waals surface area contributed by atoms with Gasteiger partial charge in [0.2, 0.25) is 0 Å². The molecule has 4 nitrogen and oxygen atoms in total. The zero-order chi connectivity index (χ0) is 13.6. The molecule has 3 unspecified atom stereocenters. The molecule has 0 aromatic rings. The molecule has 4 heteroatoms. The largest absolute Gasteiger partial charge is 0.394 e. The Hall–Kier alpha value is -0.160. The third-order valence-electron chi connectivity index (χ3n) is 3.62. The molecule has 0 spiro atoms. The quantitative estimate of drug-likeness (QED) is 0.645. The van der Waals surface area contributed by atoms with Crippen LogP contribution in [0.15, 0.2) is 0 Å². The van der Waals surface area contributed by atoms with Gasteiger partial charge >= 0.3 is 0 Å². The van der Waals surface area contributed by atoms with Crippen molar-refractivity contribution in [3.63, 3.8) is 0 Å². The number of ether oxygens (including phenoxy) is 1. The van der Waals surface area contributed by atoms with Crippen molar-refractivity contribution in [2.24, 2.45) is 5.92 Å². The maximum atomic E-state index is 9.84. The zero-order valence-electron chi connectivity index (χ0n) is 12.0. The minimum Gasteiger partial charge on any atom is -0.394 e. The van der Waals surface area contributed by atoms with E-state index in [0.29, 0.717) is 19.3 Å². The maximum Gasteiger partial charge on any atom is 0.0898 e. The lowest BCUT2D eigenvalue weighted by atomic mass is 9.89. The summed E-state index contributed by atoms with van der Waals surface area (Å²) in [5, 5.41) is 22.1. The van der Waals surface area contributed by atoms with Crippen LogP contribution >= 0.6 is 0 Å². The highest BCUT2D eigenvalue weighted by Crippen LogP contribution is 2.25. The Labute approximate surface area is 111 Å². The highest BCUT2D eigenvalue weighted by Gasteiger charge is 2.21. The molecule has 0 saturated heterocycles. The topological polar surface area (TPSA) is 61.7 Å². The predicted molar refractivity (Wildman–Crippen MR) is 72.5 cm³/mol. The monoisotopic (exact) mass is 259 g/mol. The predicted octanol–water partition coefficient (Wildman–Crippen LogP) is 1.30. The third-order valence-corrected chi connectivity index (χ3v) is 3.62. The van der Waals surface area contributed by atoms with Gasteiger partial charge in [-0.15, -0.1) is 0 Å². The van der Waals surface area contributed by atoms with Crippen molar-refractivity contribution >= 4 is 0 Å². The van der Waals surface area contributed by atoms with E-state index in [4.69, 9.17) is 9.84 Å². The average Bonchev–Trinajstić information content (AvgIpc) is 2.34. The molecule has 1 aliphatic carbocycles. The van der Waals surface area contributed by atoms with Crippen LogP contribution in [-0.4, -0.2) is 47.7 Å². The van der Waals surface area contributed by atoms with Crippen LogP contribution in [-0.2, 0) is 4.74 Å². The Kier molecular flexibility index (Phi) is 6.57. The number of hydrogen-bond acceptors (Lipinski definition) is 4. The summed E-state index contributed by atoms with van der Waals surface area (Å²) < 4.78 is 5.76. The lowest BCUT2D eigenvalue weighted by Gasteiger charge is -2.29. The fraction of sp³-hybridized carbons (Fsp3) is 1.00. The highest BCUT2D eigenvalue weighted by molar-refractivity contribution is 4.78. The van der Waals surface area contributed by atoms with Gasteiger partial charge in [0.1, 0.15) is 0 Å². The van der Waals surface area contributed by atoms with Gasteiger partial charge in [0.05, 0.1) is 25.4 Å². The van der Waals surface area contributed by atoms with Crippen molar-refractivity contribution in [2.75, 3.05) is 19.8 Å². The first-order chi connectivity index (χ1) is 8.43. The van der Waals surface area contributed by atoms with Crippen LogP contribution in [0.3, 0.4) is 0 Å². The van der Waals surface area contributed by atoms with Crippen LogP contribution in [0.2, 0.25) is 0 Å². The molecule has 1 rings (SSSR count). The van der Waals surface area contributed by atoms with E-state index in [1.54, 1.807) is 0 Å². The average molecular weight is 259 g/mol. The summed E-state index contributed by atoms with van der Waals surface area (Å²) in [6.07, 6.45) is 4.57. The summed E-state index contributed by atoms with van der Waals surface area (Å²) in [6, 6.07) is 0. The van der Waals surface area contributed by atoms with E-state index in [1.165, 1.54) is 12.8 Å². The Morgan fingerprint density at radius 2 is 2.11 bits per heavy atom. The second-order valence-electron chi connectivity index (χ2n) is 6.30. The molecule has 1 fully saturated rings. The second-order valence-corrected chi connectivity index (χ2v) is 6.30. The maximum absolute atomic E-state index is 9.84. The third kappa shape index (κ3) is 6.14. The van der Waals surface area contributed by atoms with Crippen molar-refractivity contribution < 1.29 is 14.9 Å². The Balaban J connectivity index is 2.14. The molecular formula is C14H29NO3. The smallest absolute Gasteiger partial charge is 0.0898 e. The van der Waals surface area contributed by atoms with Crippen molar-refractivity contribution in [2.45, 2.75) is 64.2 Å². The minimum atomic E-state index is -0.506. The molecule has 0 radical (unpaired) electrons. The molecule has 108 valence electrons. The highest BCUT2D eigenvalue weighted by atomic mass is 16.5. The summed E-state index contributed by atoms with van der Waals surface area (Å²) in [7, 11) is 0. The molecule has 0 aliphatic heterocycles. The molecule has 0 aromatic carbocycles. The van der Waals surface area contributed by atoms with Gasteiger partial charge in [-0.25, -0.2) is 0 Å². The summed E-state index contributed by atoms with van der Waals surface area (Å²) in [5.74, 6) is 0.743. The Morgan fingerprint density at radius 1 is 1.39 bits per heavy atom. The molecule has 1 saturated carbocycles. The van der Waals surface area contributed by atoms with E-state index < -0.39 is 6.10 Å². The van der Waals surface area contributed by atoms with Crippen molar-refractivity contribution in [1.82, 2.24) is 5.32 Å². The minimum absolute atomic E-state index is 0.0563. The number of rotatable bonds is 7. The lowest BCUT2D eigenvalue weighted by molar-refractivity contribution is -0.0326. The molecule has 1 aliphatic rings. The van der Waals surface area contributed by atoms with Crippen LogP contribution in [0.25, 0.3) is 0 Å². The first kappa shape index (κ1) is 15.9. The van der Waals surface area contributed by atoms with Gasteiger partial charge in [0.15, 0.2) is 0 Å². The van der Waals surface area contributed by atoms with Gasteiger partial charge in [0, 0.05) is 12.1 Å². The Morgan fingerprint density at radius 3 is 2.72 bits per heavy atom. The fourth-order valence-electron chi connectivity index (χ4n) is 2.29. The molecule has 0 heterocycles. The van der Waals surface area contributed by atoms with Gasteiger partial charge in [-0.1, -0.05) is 19.8 Å². The standard InChI is InChI=1S/C14H29NO3/c1-11-5-4-6-13(7-11)18-9-12(17)8-15-14(2,3)10-16/h11-13,15-17H,4-10H2,1-3H3. The van der Waals surface area contributed by atoms with Gasteiger partial charge in [-0.2, -0.15) is 0 Å². The van der Waals surface area contributed by atoms with Crippen molar-refractivity contribution in [3.05, 3.63) is 0 Å². The SMILES string of the molecule is CC1CCCC(OCC(O)CNC(C)(C)CO)C1.